The van der Waals surface area contributed by atoms with Crippen LogP contribution in [-0.2, 0) is 22.0 Å². The minimum Gasteiger partial charge on any atom is -0.322 e. The number of benzene rings is 4. The second kappa shape index (κ2) is 12.6. The van der Waals surface area contributed by atoms with Crippen LogP contribution < -0.4 is 14.9 Å². The van der Waals surface area contributed by atoms with Crippen LogP contribution in [0.15, 0.2) is 91.0 Å². The molecule has 0 heterocycles. The number of rotatable bonds is 8. The number of halogens is 2. The Kier molecular flexibility index (Phi) is 9.30. The molecule has 0 saturated heterocycles. The first-order valence-corrected chi connectivity index (χ1v) is 15.7. The molecule has 0 spiro atoms. The van der Waals surface area contributed by atoms with Gasteiger partial charge in [0.2, 0.25) is 10.0 Å². The lowest BCUT2D eigenvalue weighted by atomic mass is 9.87. The standard InChI is InChI=1S/C32H31Cl2N3O4S/c1-32(2,3)23-15-11-21(12-16-23)30(38)35-24-7-5-8-25(19-24)36-31(39)22-13-17-26(18-14-22)37(42(4,40)41)20-27-28(33)9-6-10-29(27)34/h5-19H,20H2,1-4H3,(H,35,38)(H,36,39). The molecular formula is C32H31Cl2N3O4S. The van der Waals surface area contributed by atoms with E-state index in [0.29, 0.717) is 43.8 Å². The Morgan fingerprint density at radius 3 is 1.64 bits per heavy atom. The van der Waals surface area contributed by atoms with E-state index < -0.39 is 15.9 Å². The number of nitrogens with one attached hydrogen (secondary N) is 2. The van der Waals surface area contributed by atoms with E-state index in [-0.39, 0.29) is 17.9 Å². The Morgan fingerprint density at radius 2 is 1.19 bits per heavy atom. The molecule has 0 unspecified atom stereocenters. The highest BCUT2D eigenvalue weighted by molar-refractivity contribution is 7.92. The largest absolute Gasteiger partial charge is 0.322 e. The zero-order chi connectivity index (χ0) is 30.7. The molecule has 0 radical (unpaired) electrons. The van der Waals surface area contributed by atoms with Gasteiger partial charge in [-0.25, -0.2) is 8.42 Å². The van der Waals surface area contributed by atoms with Crippen molar-refractivity contribution in [3.8, 4) is 0 Å². The van der Waals surface area contributed by atoms with Gasteiger partial charge in [-0.05, 0) is 77.7 Å². The monoisotopic (exact) mass is 623 g/mol. The number of amides is 2. The third kappa shape index (κ3) is 7.70. The number of sulfonamides is 1. The number of hydrogen-bond donors (Lipinski definition) is 2. The summed E-state index contributed by atoms with van der Waals surface area (Å²) in [6.07, 6.45) is 1.09. The Hall–Kier alpha value is -3.85. The quantitative estimate of drug-likeness (QED) is 0.210. The molecule has 0 bridgehead atoms. The smallest absolute Gasteiger partial charge is 0.255 e. The summed E-state index contributed by atoms with van der Waals surface area (Å²) in [6.45, 7) is 6.26. The van der Waals surface area contributed by atoms with Crippen LogP contribution in [0.1, 0.15) is 52.6 Å². The van der Waals surface area contributed by atoms with Crippen LogP contribution in [0, 0.1) is 0 Å². The highest BCUT2D eigenvalue weighted by Crippen LogP contribution is 2.29. The minimum atomic E-state index is -3.69. The normalized spacial score (nSPS) is 11.6. The van der Waals surface area contributed by atoms with Crippen LogP contribution in [0.3, 0.4) is 0 Å². The second-order valence-corrected chi connectivity index (χ2v) is 13.6. The van der Waals surface area contributed by atoms with Crippen LogP contribution >= 0.6 is 23.2 Å². The third-order valence-electron chi connectivity index (χ3n) is 6.57. The number of nitrogens with zero attached hydrogens (tertiary/aromatic N) is 1. The van der Waals surface area contributed by atoms with E-state index >= 15 is 0 Å². The van der Waals surface area contributed by atoms with E-state index in [2.05, 4.69) is 31.4 Å². The van der Waals surface area contributed by atoms with Crippen LogP contribution in [-0.4, -0.2) is 26.5 Å². The topological polar surface area (TPSA) is 95.6 Å². The first-order chi connectivity index (χ1) is 19.7. The maximum atomic E-state index is 13.0. The van der Waals surface area contributed by atoms with Gasteiger partial charge in [-0.3, -0.25) is 13.9 Å². The van der Waals surface area contributed by atoms with Crippen molar-refractivity contribution in [1.82, 2.24) is 0 Å². The molecule has 4 rings (SSSR count). The summed E-state index contributed by atoms with van der Waals surface area (Å²) in [6, 6.07) is 25.4. The van der Waals surface area contributed by atoms with Crippen molar-refractivity contribution >= 4 is 62.1 Å². The SMILES string of the molecule is CC(C)(C)c1ccc(C(=O)Nc2cccc(NC(=O)c3ccc(N(Cc4c(Cl)cccc4Cl)S(C)(=O)=O)cc3)c2)cc1. The average molecular weight is 625 g/mol. The molecule has 0 fully saturated rings. The van der Waals surface area contributed by atoms with E-state index in [4.69, 9.17) is 23.2 Å². The summed E-state index contributed by atoms with van der Waals surface area (Å²) in [5.41, 5.74) is 3.79. The van der Waals surface area contributed by atoms with Crippen molar-refractivity contribution < 1.29 is 18.0 Å². The van der Waals surface area contributed by atoms with Gasteiger partial charge in [0.05, 0.1) is 18.5 Å². The Morgan fingerprint density at radius 1 is 0.738 bits per heavy atom. The van der Waals surface area contributed by atoms with E-state index in [0.717, 1.165) is 11.8 Å². The molecule has 2 N–H and O–H groups in total. The maximum absolute atomic E-state index is 13.0. The molecule has 0 saturated carbocycles. The average Bonchev–Trinajstić information content (AvgIpc) is 2.92. The molecule has 10 heteroatoms. The molecule has 0 aliphatic heterocycles. The number of hydrogen-bond acceptors (Lipinski definition) is 4. The van der Waals surface area contributed by atoms with Crippen molar-refractivity contribution in [3.63, 3.8) is 0 Å². The predicted octanol–water partition coefficient (Wildman–Crippen LogP) is 7.76. The van der Waals surface area contributed by atoms with E-state index in [1.165, 1.54) is 16.4 Å². The molecule has 0 aromatic heterocycles. The fourth-order valence-electron chi connectivity index (χ4n) is 4.21. The van der Waals surface area contributed by atoms with Gasteiger partial charge in [0, 0.05) is 38.1 Å². The summed E-state index contributed by atoms with van der Waals surface area (Å²) in [7, 11) is -3.69. The lowest BCUT2D eigenvalue weighted by molar-refractivity contribution is 0.101. The lowest BCUT2D eigenvalue weighted by Gasteiger charge is -2.23. The van der Waals surface area contributed by atoms with Crippen molar-refractivity contribution in [2.24, 2.45) is 0 Å². The van der Waals surface area contributed by atoms with E-state index in [1.807, 2.05) is 12.1 Å². The Balaban J connectivity index is 1.45. The highest BCUT2D eigenvalue weighted by Gasteiger charge is 2.21. The summed E-state index contributed by atoms with van der Waals surface area (Å²) in [4.78, 5) is 25.8. The van der Waals surface area contributed by atoms with Crippen LogP contribution in [0.25, 0.3) is 0 Å². The summed E-state index contributed by atoms with van der Waals surface area (Å²) in [5, 5.41) is 6.37. The second-order valence-electron chi connectivity index (χ2n) is 10.8. The van der Waals surface area contributed by atoms with Crippen LogP contribution in [0.4, 0.5) is 17.1 Å². The molecule has 2 amide bonds. The van der Waals surface area contributed by atoms with Gasteiger partial charge in [-0.1, -0.05) is 68.2 Å². The molecule has 0 atom stereocenters. The van der Waals surface area contributed by atoms with Crippen molar-refractivity contribution in [2.75, 3.05) is 21.2 Å². The molecule has 7 nitrogen and oxygen atoms in total. The third-order valence-corrected chi connectivity index (χ3v) is 8.42. The van der Waals surface area contributed by atoms with Gasteiger partial charge in [0.25, 0.3) is 11.8 Å². The van der Waals surface area contributed by atoms with E-state index in [1.54, 1.807) is 66.7 Å². The van der Waals surface area contributed by atoms with Gasteiger partial charge in [0.15, 0.2) is 0 Å². The first-order valence-electron chi connectivity index (χ1n) is 13.1. The Bertz CT molecular complexity index is 1700. The number of anilines is 3. The summed E-state index contributed by atoms with van der Waals surface area (Å²) in [5.74, 6) is -0.661. The fourth-order valence-corrected chi connectivity index (χ4v) is 5.59. The van der Waals surface area contributed by atoms with Crippen LogP contribution in [0.5, 0.6) is 0 Å². The van der Waals surface area contributed by atoms with Gasteiger partial charge in [0.1, 0.15) is 0 Å². The molecule has 0 aliphatic carbocycles. The van der Waals surface area contributed by atoms with Gasteiger partial charge in [-0.2, -0.15) is 0 Å². The zero-order valence-corrected chi connectivity index (χ0v) is 25.9. The predicted molar refractivity (Wildman–Crippen MR) is 171 cm³/mol. The molecule has 42 heavy (non-hydrogen) atoms. The van der Waals surface area contributed by atoms with Gasteiger partial charge < -0.3 is 10.6 Å². The zero-order valence-electron chi connectivity index (χ0n) is 23.6. The highest BCUT2D eigenvalue weighted by atomic mass is 35.5. The van der Waals surface area contributed by atoms with Crippen LogP contribution in [0.2, 0.25) is 10.0 Å². The van der Waals surface area contributed by atoms with Crippen molar-refractivity contribution in [2.45, 2.75) is 32.7 Å². The minimum absolute atomic E-state index is 0.0142. The van der Waals surface area contributed by atoms with E-state index in [9.17, 15) is 18.0 Å². The van der Waals surface area contributed by atoms with Gasteiger partial charge in [-0.15, -0.1) is 0 Å². The fraction of sp³-hybridized carbons (Fsp3) is 0.188. The summed E-state index contributed by atoms with van der Waals surface area (Å²) >= 11 is 12.5. The lowest BCUT2D eigenvalue weighted by Crippen LogP contribution is -2.29. The molecule has 0 aliphatic rings. The molecular weight excluding hydrogens is 593 g/mol. The van der Waals surface area contributed by atoms with Crippen molar-refractivity contribution in [1.29, 1.82) is 0 Å². The van der Waals surface area contributed by atoms with Gasteiger partial charge >= 0.3 is 0 Å². The van der Waals surface area contributed by atoms with Crippen molar-refractivity contribution in [3.05, 3.63) is 123 Å². The molecule has 4 aromatic rings. The molecule has 4 aromatic carbocycles. The molecule has 218 valence electrons. The first kappa shape index (κ1) is 31.1. The maximum Gasteiger partial charge on any atom is 0.255 e. The number of carbonyl (C=O) groups is 2. The number of carbonyl (C=O) groups excluding carboxylic acids is 2. The Labute approximate surface area is 256 Å². The summed E-state index contributed by atoms with van der Waals surface area (Å²) < 4.78 is 26.4.